The lowest BCUT2D eigenvalue weighted by atomic mass is 10.1. The summed E-state index contributed by atoms with van der Waals surface area (Å²) < 4.78 is 28.7. The molecule has 8 heteroatoms. The maximum atomic E-state index is 12.6. The quantitative estimate of drug-likeness (QED) is 0.638. The van der Waals surface area contributed by atoms with Crippen LogP contribution in [-0.2, 0) is 16.6 Å². The third-order valence-corrected chi connectivity index (χ3v) is 7.38. The van der Waals surface area contributed by atoms with Crippen molar-refractivity contribution in [3.05, 3.63) is 77.1 Å². The lowest BCUT2D eigenvalue weighted by molar-refractivity contribution is 0.102. The van der Waals surface area contributed by atoms with Crippen LogP contribution in [0.1, 0.15) is 40.2 Å². The van der Waals surface area contributed by atoms with Gasteiger partial charge in [0.2, 0.25) is 10.0 Å². The van der Waals surface area contributed by atoms with Crippen LogP contribution in [0.4, 0.5) is 5.69 Å². The highest BCUT2D eigenvalue weighted by molar-refractivity contribution is 7.89. The Labute approximate surface area is 182 Å². The van der Waals surface area contributed by atoms with Crippen LogP contribution in [0.25, 0.3) is 0 Å². The van der Waals surface area contributed by atoms with Gasteiger partial charge in [0.15, 0.2) is 0 Å². The van der Waals surface area contributed by atoms with Crippen LogP contribution in [0.3, 0.4) is 0 Å². The molecule has 31 heavy (non-hydrogen) atoms. The van der Waals surface area contributed by atoms with Crippen molar-refractivity contribution in [3.8, 4) is 0 Å². The summed E-state index contributed by atoms with van der Waals surface area (Å²) in [6.45, 7) is 5.76. The van der Waals surface area contributed by atoms with Crippen molar-refractivity contribution in [1.82, 2.24) is 14.1 Å². The minimum Gasteiger partial charge on any atom is -0.322 e. The molecule has 0 bridgehead atoms. The van der Waals surface area contributed by atoms with Gasteiger partial charge in [-0.3, -0.25) is 9.48 Å². The second-order valence-corrected chi connectivity index (χ2v) is 9.81. The molecule has 1 aliphatic heterocycles. The molecule has 4 rings (SSSR count). The zero-order chi connectivity index (χ0) is 22.0. The third kappa shape index (κ3) is 4.70. The number of nitrogens with one attached hydrogen (secondary N) is 1. The van der Waals surface area contributed by atoms with Gasteiger partial charge in [-0.1, -0.05) is 12.1 Å². The molecule has 1 aliphatic rings. The predicted octanol–water partition coefficient (Wildman–Crippen LogP) is 3.59. The fraction of sp³-hybridized carbons (Fsp3) is 0.304. The Balaban J connectivity index is 1.40. The first kappa shape index (κ1) is 21.3. The minimum absolute atomic E-state index is 0.243. The number of aryl methyl sites for hydroxylation is 2. The number of hydrogen-bond donors (Lipinski definition) is 1. The number of anilines is 1. The van der Waals surface area contributed by atoms with Gasteiger partial charge in [-0.15, -0.1) is 0 Å². The van der Waals surface area contributed by atoms with Gasteiger partial charge in [-0.2, -0.15) is 9.40 Å². The highest BCUT2D eigenvalue weighted by atomic mass is 32.2. The molecule has 3 aromatic rings. The van der Waals surface area contributed by atoms with E-state index in [1.807, 2.05) is 36.7 Å². The molecule has 0 atom stereocenters. The van der Waals surface area contributed by atoms with E-state index < -0.39 is 10.0 Å². The van der Waals surface area contributed by atoms with E-state index in [1.165, 1.54) is 4.31 Å². The monoisotopic (exact) mass is 438 g/mol. The molecular weight excluding hydrogens is 412 g/mol. The van der Waals surface area contributed by atoms with E-state index in [-0.39, 0.29) is 10.8 Å². The molecule has 0 saturated carbocycles. The highest BCUT2D eigenvalue weighted by Gasteiger charge is 2.26. The number of nitrogens with zero attached hydrogens (tertiary/aromatic N) is 3. The molecule has 1 saturated heterocycles. The summed E-state index contributed by atoms with van der Waals surface area (Å²) in [5, 5.41) is 7.28. The van der Waals surface area contributed by atoms with E-state index in [0.29, 0.717) is 30.9 Å². The van der Waals surface area contributed by atoms with Crippen molar-refractivity contribution >= 4 is 21.6 Å². The Morgan fingerprint density at radius 2 is 1.65 bits per heavy atom. The zero-order valence-electron chi connectivity index (χ0n) is 17.7. The number of sulfonamides is 1. The lowest BCUT2D eigenvalue weighted by Crippen LogP contribution is -2.27. The summed E-state index contributed by atoms with van der Waals surface area (Å²) >= 11 is 0. The van der Waals surface area contributed by atoms with E-state index in [2.05, 4.69) is 10.4 Å². The first-order valence-electron chi connectivity index (χ1n) is 10.3. The number of carbonyl (C=O) groups excluding carboxylic acids is 1. The molecule has 1 amide bonds. The molecular formula is C23H26N4O3S. The Bertz CT molecular complexity index is 1180. The van der Waals surface area contributed by atoms with Gasteiger partial charge in [-0.25, -0.2) is 8.42 Å². The number of rotatable bonds is 6. The van der Waals surface area contributed by atoms with Gasteiger partial charge in [0, 0.05) is 30.0 Å². The highest BCUT2D eigenvalue weighted by Crippen LogP contribution is 2.22. The van der Waals surface area contributed by atoms with Crippen LogP contribution < -0.4 is 5.32 Å². The molecule has 1 aromatic heterocycles. The van der Waals surface area contributed by atoms with Gasteiger partial charge in [-0.05, 0) is 74.7 Å². The van der Waals surface area contributed by atoms with Crippen LogP contribution in [0, 0.1) is 13.8 Å². The van der Waals surface area contributed by atoms with Gasteiger partial charge in [0.05, 0.1) is 17.1 Å². The minimum atomic E-state index is -3.45. The van der Waals surface area contributed by atoms with Crippen molar-refractivity contribution in [1.29, 1.82) is 0 Å². The van der Waals surface area contributed by atoms with E-state index in [4.69, 9.17) is 0 Å². The molecule has 7 nitrogen and oxygen atoms in total. The van der Waals surface area contributed by atoms with Crippen LogP contribution in [-0.4, -0.2) is 41.5 Å². The van der Waals surface area contributed by atoms with Crippen LogP contribution in [0.15, 0.2) is 59.5 Å². The predicted molar refractivity (Wildman–Crippen MR) is 120 cm³/mol. The van der Waals surface area contributed by atoms with Crippen LogP contribution in [0.5, 0.6) is 0 Å². The van der Waals surface area contributed by atoms with Gasteiger partial charge >= 0.3 is 0 Å². The molecule has 2 heterocycles. The molecule has 1 fully saturated rings. The van der Waals surface area contributed by atoms with Crippen molar-refractivity contribution in [3.63, 3.8) is 0 Å². The molecule has 0 radical (unpaired) electrons. The molecule has 2 aromatic carbocycles. The number of aromatic nitrogens is 2. The second kappa shape index (κ2) is 8.64. The third-order valence-electron chi connectivity index (χ3n) is 5.47. The summed E-state index contributed by atoms with van der Waals surface area (Å²) in [5.74, 6) is -0.243. The Morgan fingerprint density at radius 3 is 2.23 bits per heavy atom. The molecule has 0 unspecified atom stereocenters. The van der Waals surface area contributed by atoms with Gasteiger partial charge in [0.25, 0.3) is 5.91 Å². The van der Waals surface area contributed by atoms with Crippen molar-refractivity contribution < 1.29 is 13.2 Å². The maximum absolute atomic E-state index is 12.6. The topological polar surface area (TPSA) is 84.3 Å². The van der Waals surface area contributed by atoms with Crippen molar-refractivity contribution in [2.45, 2.75) is 38.1 Å². The van der Waals surface area contributed by atoms with Gasteiger partial charge < -0.3 is 5.32 Å². The first-order chi connectivity index (χ1) is 14.8. The summed E-state index contributed by atoms with van der Waals surface area (Å²) in [5.41, 5.74) is 4.21. The maximum Gasteiger partial charge on any atom is 0.255 e. The second-order valence-electron chi connectivity index (χ2n) is 7.87. The first-order valence-corrected chi connectivity index (χ1v) is 11.8. The van der Waals surface area contributed by atoms with Crippen molar-refractivity contribution in [2.75, 3.05) is 18.4 Å². The van der Waals surface area contributed by atoms with E-state index >= 15 is 0 Å². The summed E-state index contributed by atoms with van der Waals surface area (Å²) in [6.07, 6.45) is 1.79. The fourth-order valence-electron chi connectivity index (χ4n) is 3.76. The summed E-state index contributed by atoms with van der Waals surface area (Å²) in [4.78, 5) is 12.8. The average molecular weight is 439 g/mol. The molecule has 162 valence electrons. The van der Waals surface area contributed by atoms with Crippen LogP contribution >= 0.6 is 0 Å². The number of amides is 1. The Kier molecular flexibility index (Phi) is 5.93. The van der Waals surface area contributed by atoms with E-state index in [0.717, 1.165) is 29.8 Å². The van der Waals surface area contributed by atoms with E-state index in [1.54, 1.807) is 36.4 Å². The largest absolute Gasteiger partial charge is 0.322 e. The standard InChI is InChI=1S/C23H26N4O3S/c1-17-15-18(2)27(25-17)16-19-5-7-20(8-6-19)23(28)24-21-9-11-22(12-10-21)31(29,30)26-13-3-4-14-26/h5-12,15H,3-4,13-14,16H2,1-2H3,(H,24,28). The normalized spacial score (nSPS) is 14.6. The Morgan fingerprint density at radius 1 is 1.00 bits per heavy atom. The lowest BCUT2D eigenvalue weighted by Gasteiger charge is -2.15. The average Bonchev–Trinajstić information content (AvgIpc) is 3.39. The number of carbonyl (C=O) groups is 1. The molecule has 0 aliphatic carbocycles. The van der Waals surface area contributed by atoms with E-state index in [9.17, 15) is 13.2 Å². The Hall–Kier alpha value is -2.97. The summed E-state index contributed by atoms with van der Waals surface area (Å²) in [6, 6.07) is 15.8. The van der Waals surface area contributed by atoms with Gasteiger partial charge in [0.1, 0.15) is 0 Å². The SMILES string of the molecule is Cc1cc(C)n(Cc2ccc(C(=O)Nc3ccc(S(=O)(=O)N4CCCC4)cc3)cc2)n1. The summed E-state index contributed by atoms with van der Waals surface area (Å²) in [7, 11) is -3.45. The van der Waals surface area contributed by atoms with Crippen molar-refractivity contribution in [2.24, 2.45) is 0 Å². The molecule has 0 spiro atoms. The van der Waals surface area contributed by atoms with Crippen LogP contribution in [0.2, 0.25) is 0 Å². The molecule has 1 N–H and O–H groups in total. The smallest absolute Gasteiger partial charge is 0.255 e. The fourth-order valence-corrected chi connectivity index (χ4v) is 5.28. The number of benzene rings is 2. The number of hydrogen-bond acceptors (Lipinski definition) is 4. The zero-order valence-corrected chi connectivity index (χ0v) is 18.5.